The third kappa shape index (κ3) is 4.92. The van der Waals surface area contributed by atoms with Gasteiger partial charge in [0.15, 0.2) is 11.0 Å². The maximum absolute atomic E-state index is 12.2. The molecule has 0 radical (unpaired) electrons. The van der Waals surface area contributed by atoms with Gasteiger partial charge in [0.1, 0.15) is 11.5 Å². The highest BCUT2D eigenvalue weighted by Gasteiger charge is 2.19. The lowest BCUT2D eigenvalue weighted by Crippen LogP contribution is -2.05. The van der Waals surface area contributed by atoms with Crippen LogP contribution in [0.4, 0.5) is 0 Å². The van der Waals surface area contributed by atoms with Crippen molar-refractivity contribution in [2.75, 3.05) is 21.3 Å². The molecule has 0 saturated carbocycles. The first-order chi connectivity index (χ1) is 16.5. The monoisotopic (exact) mass is 475 g/mol. The van der Waals surface area contributed by atoms with Crippen molar-refractivity contribution in [3.63, 3.8) is 0 Å². The molecule has 4 aromatic rings. The number of aryl methyl sites for hydroxylation is 1. The maximum atomic E-state index is 12.2. The van der Waals surface area contributed by atoms with Crippen molar-refractivity contribution in [2.24, 2.45) is 0 Å². The Morgan fingerprint density at radius 1 is 0.912 bits per heavy atom. The fraction of sp³-hybridized carbons (Fsp3) is 0.192. The fourth-order valence-corrected chi connectivity index (χ4v) is 4.47. The Hall–Kier alpha value is -3.78. The van der Waals surface area contributed by atoms with Gasteiger partial charge in [-0.3, -0.25) is 4.57 Å². The number of hydrogen-bond donors (Lipinski definition) is 0. The highest BCUT2D eigenvalue weighted by atomic mass is 32.2. The lowest BCUT2D eigenvalue weighted by Gasteiger charge is -2.13. The van der Waals surface area contributed by atoms with E-state index in [2.05, 4.69) is 10.2 Å². The third-order valence-corrected chi connectivity index (χ3v) is 6.29. The van der Waals surface area contributed by atoms with Crippen molar-refractivity contribution in [3.05, 3.63) is 83.4 Å². The van der Waals surface area contributed by atoms with Crippen molar-refractivity contribution < 1.29 is 19.0 Å². The van der Waals surface area contributed by atoms with E-state index in [1.807, 2.05) is 72.2 Å². The van der Waals surface area contributed by atoms with Crippen molar-refractivity contribution in [3.8, 4) is 28.6 Å². The molecular formula is C26H25N3O4S. The molecule has 0 unspecified atom stereocenters. The van der Waals surface area contributed by atoms with E-state index in [9.17, 15) is 4.79 Å². The molecule has 174 valence electrons. The first-order valence-electron chi connectivity index (χ1n) is 10.6. The van der Waals surface area contributed by atoms with Gasteiger partial charge in [-0.05, 0) is 42.8 Å². The molecule has 0 atom stereocenters. The maximum Gasteiger partial charge on any atom is 0.338 e. The minimum Gasteiger partial charge on any atom is -0.497 e. The Morgan fingerprint density at radius 2 is 1.59 bits per heavy atom. The predicted octanol–water partition coefficient (Wildman–Crippen LogP) is 5.34. The minimum absolute atomic E-state index is 0.361. The van der Waals surface area contributed by atoms with E-state index in [1.165, 1.54) is 18.9 Å². The molecule has 34 heavy (non-hydrogen) atoms. The van der Waals surface area contributed by atoms with Gasteiger partial charge in [-0.25, -0.2) is 4.79 Å². The van der Waals surface area contributed by atoms with Gasteiger partial charge in [-0.2, -0.15) is 0 Å². The molecule has 0 aliphatic rings. The van der Waals surface area contributed by atoms with Crippen LogP contribution in [0.5, 0.6) is 11.5 Å². The molecule has 7 nitrogen and oxygen atoms in total. The summed E-state index contributed by atoms with van der Waals surface area (Å²) in [4.78, 5) is 12.2. The summed E-state index contributed by atoms with van der Waals surface area (Å²) in [6.07, 6.45) is 0. The predicted molar refractivity (Wildman–Crippen MR) is 132 cm³/mol. The van der Waals surface area contributed by atoms with Gasteiger partial charge in [0.2, 0.25) is 0 Å². The number of carbonyl (C=O) groups excluding carboxylic acids is 1. The first kappa shape index (κ1) is 23.4. The summed E-state index contributed by atoms with van der Waals surface area (Å²) in [6.45, 7) is 2.04. The topological polar surface area (TPSA) is 75.5 Å². The van der Waals surface area contributed by atoms with Crippen LogP contribution in [-0.2, 0) is 10.5 Å². The zero-order chi connectivity index (χ0) is 24.1. The zero-order valence-corrected chi connectivity index (χ0v) is 20.3. The van der Waals surface area contributed by atoms with Crippen LogP contribution in [0, 0.1) is 6.92 Å². The van der Waals surface area contributed by atoms with E-state index in [0.717, 1.165) is 22.4 Å². The first-order valence-corrected chi connectivity index (χ1v) is 11.6. The molecule has 0 saturated heterocycles. The molecule has 0 amide bonds. The average Bonchev–Trinajstić information content (AvgIpc) is 3.31. The summed E-state index contributed by atoms with van der Waals surface area (Å²) in [5, 5.41) is 9.70. The molecule has 4 rings (SSSR count). The number of nitrogens with zero attached hydrogens (tertiary/aromatic N) is 3. The number of benzene rings is 3. The van der Waals surface area contributed by atoms with Crippen LogP contribution in [0.15, 0.2) is 71.9 Å². The molecule has 1 heterocycles. The number of ether oxygens (including phenoxy) is 3. The second kappa shape index (κ2) is 10.4. The smallest absolute Gasteiger partial charge is 0.338 e. The van der Waals surface area contributed by atoms with Crippen molar-refractivity contribution in [1.29, 1.82) is 0 Å². The van der Waals surface area contributed by atoms with Gasteiger partial charge in [-0.1, -0.05) is 47.7 Å². The molecule has 1 aromatic heterocycles. The molecule has 3 aromatic carbocycles. The number of methoxy groups -OCH3 is 3. The molecule has 8 heteroatoms. The summed E-state index contributed by atoms with van der Waals surface area (Å²) in [6, 6.07) is 21.2. The zero-order valence-electron chi connectivity index (χ0n) is 19.4. The second-order valence-corrected chi connectivity index (χ2v) is 8.46. The SMILES string of the molecule is COC(=O)c1ccccc1CSc1nnc(-c2cc(OC)cc(OC)c2)n1-c1ccc(C)cc1. The van der Waals surface area contributed by atoms with Crippen LogP contribution in [-0.4, -0.2) is 42.1 Å². The largest absolute Gasteiger partial charge is 0.497 e. The normalized spacial score (nSPS) is 10.7. The average molecular weight is 476 g/mol. The Morgan fingerprint density at radius 3 is 2.24 bits per heavy atom. The Labute approximate surface area is 202 Å². The van der Waals surface area contributed by atoms with E-state index >= 15 is 0 Å². The van der Waals surface area contributed by atoms with Crippen molar-refractivity contribution in [2.45, 2.75) is 17.8 Å². The fourth-order valence-electron chi connectivity index (χ4n) is 3.51. The van der Waals surface area contributed by atoms with Gasteiger partial charge in [0.25, 0.3) is 0 Å². The van der Waals surface area contributed by atoms with Crippen LogP contribution in [0.1, 0.15) is 21.5 Å². The van der Waals surface area contributed by atoms with E-state index in [0.29, 0.717) is 33.8 Å². The van der Waals surface area contributed by atoms with E-state index in [1.54, 1.807) is 20.3 Å². The number of carbonyl (C=O) groups is 1. The molecule has 0 spiro atoms. The molecule has 0 fully saturated rings. The van der Waals surface area contributed by atoms with Gasteiger partial charge < -0.3 is 14.2 Å². The Kier molecular flexibility index (Phi) is 7.18. The highest BCUT2D eigenvalue weighted by molar-refractivity contribution is 7.98. The van der Waals surface area contributed by atoms with Crippen LogP contribution >= 0.6 is 11.8 Å². The Bertz CT molecular complexity index is 1280. The quantitative estimate of drug-likeness (QED) is 0.252. The van der Waals surface area contributed by atoms with Gasteiger partial charge in [-0.15, -0.1) is 10.2 Å². The molecule has 0 aliphatic carbocycles. The summed E-state index contributed by atoms with van der Waals surface area (Å²) in [5.74, 6) is 2.14. The van der Waals surface area contributed by atoms with Gasteiger partial charge >= 0.3 is 5.97 Å². The lowest BCUT2D eigenvalue weighted by atomic mass is 10.1. The second-order valence-electron chi connectivity index (χ2n) is 7.52. The van der Waals surface area contributed by atoms with Gasteiger partial charge in [0, 0.05) is 23.1 Å². The van der Waals surface area contributed by atoms with Gasteiger partial charge in [0.05, 0.1) is 26.9 Å². The van der Waals surface area contributed by atoms with Crippen LogP contribution in [0.2, 0.25) is 0 Å². The van der Waals surface area contributed by atoms with E-state index in [4.69, 9.17) is 14.2 Å². The summed E-state index contributed by atoms with van der Waals surface area (Å²) in [5.41, 5.74) is 4.30. The number of rotatable bonds is 8. The molecular weight excluding hydrogens is 450 g/mol. The standard InChI is InChI=1S/C26H25N3O4S/c1-17-9-11-20(12-10-17)29-24(19-13-21(31-2)15-22(14-19)32-3)27-28-26(29)34-16-18-7-5-6-8-23(18)25(30)33-4/h5-15H,16H2,1-4H3. The number of hydrogen-bond acceptors (Lipinski definition) is 7. The molecule has 0 N–H and O–H groups in total. The Balaban J connectivity index is 1.77. The van der Waals surface area contributed by atoms with Crippen molar-refractivity contribution >= 4 is 17.7 Å². The highest BCUT2D eigenvalue weighted by Crippen LogP contribution is 2.34. The molecule has 0 aliphatic heterocycles. The van der Waals surface area contributed by atoms with E-state index in [-0.39, 0.29) is 5.97 Å². The number of aromatic nitrogens is 3. The summed E-state index contributed by atoms with van der Waals surface area (Å²) >= 11 is 1.50. The van der Waals surface area contributed by atoms with Crippen LogP contribution < -0.4 is 9.47 Å². The summed E-state index contributed by atoms with van der Waals surface area (Å²) in [7, 11) is 4.61. The summed E-state index contributed by atoms with van der Waals surface area (Å²) < 4.78 is 17.8. The molecule has 0 bridgehead atoms. The third-order valence-electron chi connectivity index (χ3n) is 5.31. The number of thioether (sulfide) groups is 1. The number of esters is 1. The van der Waals surface area contributed by atoms with Crippen molar-refractivity contribution in [1.82, 2.24) is 14.8 Å². The lowest BCUT2D eigenvalue weighted by molar-refractivity contribution is 0.0600. The van der Waals surface area contributed by atoms with Crippen LogP contribution in [0.25, 0.3) is 17.1 Å². The van der Waals surface area contributed by atoms with Crippen LogP contribution in [0.3, 0.4) is 0 Å². The minimum atomic E-state index is -0.361. The van der Waals surface area contributed by atoms with E-state index < -0.39 is 0 Å².